The number of nitrogens with one attached hydrogen (secondary N) is 1. The Kier molecular flexibility index (Phi) is 4.45. The van der Waals surface area contributed by atoms with Crippen molar-refractivity contribution in [3.8, 4) is 0 Å². The summed E-state index contributed by atoms with van der Waals surface area (Å²) in [5.41, 5.74) is 4.36. The molecule has 0 aromatic heterocycles. The normalized spacial score (nSPS) is 13.2. The van der Waals surface area contributed by atoms with Crippen LogP contribution in [0.4, 0.5) is 4.79 Å². The molecule has 0 aliphatic rings. The number of nitrogens with two attached hydrogens (primary N) is 1. The van der Waals surface area contributed by atoms with Crippen LogP contribution in [0.3, 0.4) is 0 Å². The molecule has 0 rings (SSSR count). The minimum absolute atomic E-state index is 0.571. The summed E-state index contributed by atoms with van der Waals surface area (Å²) in [5.74, 6) is -0.605. The van der Waals surface area contributed by atoms with Crippen LogP contribution >= 0.6 is 22.6 Å². The van der Waals surface area contributed by atoms with Gasteiger partial charge in [-0.1, -0.05) is 0 Å². The van der Waals surface area contributed by atoms with Crippen molar-refractivity contribution in [3.05, 3.63) is 0 Å². The summed E-state index contributed by atoms with van der Waals surface area (Å²) in [6.07, 6.45) is -0.648. The molecule has 3 N–H and O–H groups in total. The lowest BCUT2D eigenvalue weighted by molar-refractivity contribution is -0.117. The predicted molar refractivity (Wildman–Crippen MR) is 56.4 cm³/mol. The first-order valence-electron chi connectivity index (χ1n) is 3.65. The van der Waals surface area contributed by atoms with Gasteiger partial charge in [0.05, 0.1) is 0 Å². The SMILES string of the molecule is CC(C)(C)OC(=O)N[C@@H](I)C(N)=O. The monoisotopic (exact) mass is 300 g/mol. The molecule has 0 saturated heterocycles. The number of rotatable bonds is 2. The van der Waals surface area contributed by atoms with Gasteiger partial charge < -0.3 is 15.8 Å². The quantitative estimate of drug-likeness (QED) is 0.449. The highest BCUT2D eigenvalue weighted by Gasteiger charge is 2.20. The fraction of sp³-hybridized carbons (Fsp3) is 0.714. The molecule has 0 aromatic carbocycles. The third kappa shape index (κ3) is 6.62. The first-order valence-corrected chi connectivity index (χ1v) is 4.90. The van der Waals surface area contributed by atoms with E-state index in [1.807, 2.05) is 0 Å². The molecule has 13 heavy (non-hydrogen) atoms. The molecule has 1 atom stereocenters. The van der Waals surface area contributed by atoms with Crippen LogP contribution < -0.4 is 11.1 Å². The zero-order chi connectivity index (χ0) is 10.6. The smallest absolute Gasteiger partial charge is 0.408 e. The van der Waals surface area contributed by atoms with E-state index in [-0.39, 0.29) is 0 Å². The maximum absolute atomic E-state index is 11.0. The number of alkyl halides is 1. The van der Waals surface area contributed by atoms with E-state index in [9.17, 15) is 9.59 Å². The van der Waals surface area contributed by atoms with E-state index >= 15 is 0 Å². The van der Waals surface area contributed by atoms with Gasteiger partial charge in [-0.2, -0.15) is 0 Å². The highest BCUT2D eigenvalue weighted by atomic mass is 127. The van der Waals surface area contributed by atoms with Crippen LogP contribution in [0, 0.1) is 0 Å². The van der Waals surface area contributed by atoms with Gasteiger partial charge in [0.2, 0.25) is 5.91 Å². The van der Waals surface area contributed by atoms with Gasteiger partial charge in [-0.25, -0.2) is 4.79 Å². The van der Waals surface area contributed by atoms with Gasteiger partial charge in [0.15, 0.2) is 4.05 Å². The lowest BCUT2D eigenvalue weighted by atomic mass is 10.2. The number of alkyl carbamates (subject to hydrolysis) is 1. The van der Waals surface area contributed by atoms with Gasteiger partial charge in [0.1, 0.15) is 5.60 Å². The minimum Gasteiger partial charge on any atom is -0.444 e. The number of primary amides is 1. The molecule has 5 nitrogen and oxygen atoms in total. The molecule has 0 unspecified atom stereocenters. The third-order valence-corrected chi connectivity index (χ3v) is 1.82. The Hall–Kier alpha value is -0.530. The fourth-order valence-corrected chi connectivity index (χ4v) is 0.736. The molecule has 0 aromatic rings. The number of amides is 2. The first-order chi connectivity index (χ1) is 5.72. The van der Waals surface area contributed by atoms with Crippen LogP contribution in [0.15, 0.2) is 0 Å². The predicted octanol–water partition coefficient (Wildman–Crippen LogP) is 0.758. The van der Waals surface area contributed by atoms with Crippen molar-refractivity contribution in [1.82, 2.24) is 5.32 Å². The second kappa shape index (κ2) is 4.64. The number of hydrogen-bond donors (Lipinski definition) is 2. The van der Waals surface area contributed by atoms with Crippen molar-refractivity contribution in [2.75, 3.05) is 0 Å². The molecule has 2 amide bonds. The van der Waals surface area contributed by atoms with E-state index < -0.39 is 21.7 Å². The summed E-state index contributed by atoms with van der Waals surface area (Å²) in [7, 11) is 0. The summed E-state index contributed by atoms with van der Waals surface area (Å²) in [4.78, 5) is 21.6. The van der Waals surface area contributed by atoms with Crippen LogP contribution in [-0.4, -0.2) is 21.7 Å². The molecule has 76 valence electrons. The molecule has 0 heterocycles. The molecular weight excluding hydrogens is 287 g/mol. The van der Waals surface area contributed by atoms with Gasteiger partial charge in [-0.3, -0.25) is 4.79 Å². The van der Waals surface area contributed by atoms with Crippen LogP contribution in [-0.2, 0) is 9.53 Å². The average molecular weight is 300 g/mol. The Morgan fingerprint density at radius 1 is 1.46 bits per heavy atom. The molecule has 0 aliphatic heterocycles. The molecule has 0 spiro atoms. The van der Waals surface area contributed by atoms with Crippen LogP contribution in [0.5, 0.6) is 0 Å². The molecular formula is C7H13IN2O3. The van der Waals surface area contributed by atoms with Crippen molar-refractivity contribution < 1.29 is 14.3 Å². The molecule has 0 aliphatic carbocycles. The number of ether oxygens (including phenoxy) is 1. The first kappa shape index (κ1) is 12.5. The Balaban J connectivity index is 3.96. The molecule has 0 fully saturated rings. The summed E-state index contributed by atoms with van der Waals surface area (Å²) < 4.78 is 4.15. The summed E-state index contributed by atoms with van der Waals surface area (Å²) in [6.45, 7) is 5.21. The van der Waals surface area contributed by atoms with E-state index in [2.05, 4.69) is 5.32 Å². The van der Waals surface area contributed by atoms with Gasteiger partial charge in [-0.15, -0.1) is 0 Å². The minimum atomic E-state index is -0.743. The lowest BCUT2D eigenvalue weighted by Gasteiger charge is -2.20. The molecule has 0 bridgehead atoms. The number of halogens is 1. The van der Waals surface area contributed by atoms with Crippen LogP contribution in [0.25, 0.3) is 0 Å². The number of hydrogen-bond acceptors (Lipinski definition) is 3. The average Bonchev–Trinajstić information content (AvgIpc) is 1.81. The molecule has 0 saturated carbocycles. The maximum Gasteiger partial charge on any atom is 0.408 e. The van der Waals surface area contributed by atoms with Crippen molar-refractivity contribution >= 4 is 34.6 Å². The zero-order valence-corrected chi connectivity index (χ0v) is 9.91. The summed E-state index contributed by atoms with van der Waals surface area (Å²) in [5, 5.41) is 2.29. The number of carbonyl (C=O) groups excluding carboxylic acids is 2. The third-order valence-electron chi connectivity index (χ3n) is 0.893. The topological polar surface area (TPSA) is 81.4 Å². The van der Waals surface area contributed by atoms with Crippen LogP contribution in [0.2, 0.25) is 0 Å². The summed E-state index contributed by atoms with van der Waals surface area (Å²) >= 11 is 1.71. The van der Waals surface area contributed by atoms with Crippen molar-refractivity contribution in [1.29, 1.82) is 0 Å². The van der Waals surface area contributed by atoms with E-state index in [0.29, 0.717) is 0 Å². The largest absolute Gasteiger partial charge is 0.444 e. The van der Waals surface area contributed by atoms with E-state index in [0.717, 1.165) is 0 Å². The van der Waals surface area contributed by atoms with Crippen molar-refractivity contribution in [3.63, 3.8) is 0 Å². The fourth-order valence-electron chi connectivity index (χ4n) is 0.482. The van der Waals surface area contributed by atoms with Gasteiger partial charge in [-0.05, 0) is 43.4 Å². The maximum atomic E-state index is 11.0. The Morgan fingerprint density at radius 2 is 1.92 bits per heavy atom. The zero-order valence-electron chi connectivity index (χ0n) is 7.76. The lowest BCUT2D eigenvalue weighted by Crippen LogP contribution is -2.42. The Labute approximate surface area is 90.5 Å². The second-order valence-electron chi connectivity index (χ2n) is 3.41. The molecule has 6 heteroatoms. The van der Waals surface area contributed by atoms with Gasteiger partial charge in [0, 0.05) is 0 Å². The Bertz CT molecular complexity index is 212. The van der Waals surface area contributed by atoms with Gasteiger partial charge in [0.25, 0.3) is 0 Å². The van der Waals surface area contributed by atoms with Crippen molar-refractivity contribution in [2.45, 2.75) is 30.4 Å². The number of carbonyl (C=O) groups is 2. The van der Waals surface area contributed by atoms with Crippen molar-refractivity contribution in [2.24, 2.45) is 5.73 Å². The standard InChI is InChI=1S/C7H13IN2O3/c1-7(2,3)13-6(12)10-4(8)5(9)11/h4H,1-3H3,(H2,9,11)(H,10,12)/t4-/m1/s1. The highest BCUT2D eigenvalue weighted by molar-refractivity contribution is 14.1. The van der Waals surface area contributed by atoms with Crippen LogP contribution in [0.1, 0.15) is 20.8 Å². The van der Waals surface area contributed by atoms with Gasteiger partial charge >= 0.3 is 6.09 Å². The highest BCUT2D eigenvalue weighted by Crippen LogP contribution is 2.07. The van der Waals surface area contributed by atoms with E-state index in [1.54, 1.807) is 43.4 Å². The molecule has 0 radical (unpaired) electrons. The van der Waals surface area contributed by atoms with E-state index in [1.165, 1.54) is 0 Å². The van der Waals surface area contributed by atoms with E-state index in [4.69, 9.17) is 10.5 Å². The summed E-state index contributed by atoms with van der Waals surface area (Å²) in [6, 6.07) is 0. The Morgan fingerprint density at radius 3 is 2.23 bits per heavy atom. The second-order valence-corrected chi connectivity index (χ2v) is 4.66.